The van der Waals surface area contributed by atoms with E-state index in [9.17, 15) is 4.79 Å². The molecule has 0 spiro atoms. The number of anilines is 1. The quantitative estimate of drug-likeness (QED) is 0.755. The highest BCUT2D eigenvalue weighted by Gasteiger charge is 2.26. The molecule has 1 saturated heterocycles. The van der Waals surface area contributed by atoms with Crippen LogP contribution < -0.4 is 4.90 Å². The van der Waals surface area contributed by atoms with E-state index in [1.54, 1.807) is 6.07 Å². The van der Waals surface area contributed by atoms with Crippen LogP contribution in [0.25, 0.3) is 0 Å². The lowest BCUT2D eigenvalue weighted by molar-refractivity contribution is 0.0986. The number of hydrogen-bond acceptors (Lipinski definition) is 4. The van der Waals surface area contributed by atoms with Crippen molar-refractivity contribution in [1.29, 1.82) is 0 Å². The topological polar surface area (TPSA) is 36.7 Å². The summed E-state index contributed by atoms with van der Waals surface area (Å²) in [6.07, 6.45) is 0. The molecule has 0 bridgehead atoms. The molecule has 2 heterocycles. The largest absolute Gasteiger partial charge is 0.437 e. The molecule has 0 N–H and O–H groups in total. The minimum absolute atomic E-state index is 0.0189. The summed E-state index contributed by atoms with van der Waals surface area (Å²) in [4.78, 5) is 15.9. The molecule has 0 unspecified atom stereocenters. The van der Waals surface area contributed by atoms with Crippen molar-refractivity contribution in [2.75, 3.05) is 31.1 Å². The number of furan rings is 1. The van der Waals surface area contributed by atoms with Crippen molar-refractivity contribution in [3.05, 3.63) is 17.9 Å². The highest BCUT2D eigenvalue weighted by atomic mass is 16.4. The zero-order valence-electron chi connectivity index (χ0n) is 11.7. The van der Waals surface area contributed by atoms with Crippen LogP contribution in [0.15, 0.2) is 16.5 Å². The van der Waals surface area contributed by atoms with Crippen LogP contribution in [0, 0.1) is 0 Å². The third-order valence-electron chi connectivity index (χ3n) is 3.48. The summed E-state index contributed by atoms with van der Waals surface area (Å²) in [5, 5.41) is 0. The fourth-order valence-electron chi connectivity index (χ4n) is 2.28. The maximum Gasteiger partial charge on any atom is 0.196 e. The molecule has 4 heteroatoms. The monoisotopic (exact) mass is 250 g/mol. The maximum atomic E-state index is 11.2. The van der Waals surface area contributed by atoms with E-state index in [4.69, 9.17) is 4.42 Å². The molecule has 1 aromatic rings. The zero-order valence-corrected chi connectivity index (χ0v) is 11.7. The van der Waals surface area contributed by atoms with Gasteiger partial charge in [0.25, 0.3) is 0 Å². The van der Waals surface area contributed by atoms with E-state index in [0.29, 0.717) is 5.76 Å². The maximum absolute atomic E-state index is 11.2. The second kappa shape index (κ2) is 4.76. The molecule has 0 saturated carbocycles. The third-order valence-corrected chi connectivity index (χ3v) is 3.48. The summed E-state index contributed by atoms with van der Waals surface area (Å²) in [5.41, 5.74) is 0.222. The number of rotatable bonds is 2. The Hall–Kier alpha value is -1.29. The van der Waals surface area contributed by atoms with Gasteiger partial charge in [-0.05, 0) is 26.8 Å². The predicted octanol–water partition coefficient (Wildman–Crippen LogP) is 2.40. The normalized spacial score (nSPS) is 18.1. The fraction of sp³-hybridized carbons (Fsp3) is 0.643. The van der Waals surface area contributed by atoms with Gasteiger partial charge in [-0.2, -0.15) is 0 Å². The molecule has 4 nitrogen and oxygen atoms in total. The number of piperazine rings is 1. The lowest BCUT2D eigenvalue weighted by Crippen LogP contribution is -2.53. The first-order valence-electron chi connectivity index (χ1n) is 6.49. The number of carbonyl (C=O) groups is 1. The Kier molecular flexibility index (Phi) is 3.48. The first-order chi connectivity index (χ1) is 8.38. The molecule has 18 heavy (non-hydrogen) atoms. The number of ketones is 1. The van der Waals surface area contributed by atoms with Gasteiger partial charge in [0.2, 0.25) is 0 Å². The first-order valence-corrected chi connectivity index (χ1v) is 6.49. The summed E-state index contributed by atoms with van der Waals surface area (Å²) in [5.74, 6) is 1.24. The Morgan fingerprint density at radius 2 is 1.78 bits per heavy atom. The Morgan fingerprint density at radius 3 is 2.22 bits per heavy atom. The van der Waals surface area contributed by atoms with E-state index in [1.165, 1.54) is 6.92 Å². The van der Waals surface area contributed by atoms with Gasteiger partial charge in [-0.1, -0.05) is 0 Å². The van der Waals surface area contributed by atoms with E-state index < -0.39 is 0 Å². The van der Waals surface area contributed by atoms with Crippen LogP contribution in [-0.4, -0.2) is 42.4 Å². The van der Waals surface area contributed by atoms with Crippen LogP contribution in [0.5, 0.6) is 0 Å². The van der Waals surface area contributed by atoms with Gasteiger partial charge in [0.1, 0.15) is 0 Å². The summed E-state index contributed by atoms with van der Waals surface area (Å²) >= 11 is 0. The molecule has 100 valence electrons. The van der Waals surface area contributed by atoms with Gasteiger partial charge in [0, 0.05) is 44.7 Å². The van der Waals surface area contributed by atoms with Crippen molar-refractivity contribution in [2.24, 2.45) is 0 Å². The van der Waals surface area contributed by atoms with E-state index in [1.807, 2.05) is 6.07 Å². The molecule has 2 rings (SSSR count). The van der Waals surface area contributed by atoms with Crippen molar-refractivity contribution >= 4 is 11.7 Å². The van der Waals surface area contributed by atoms with Crippen LogP contribution >= 0.6 is 0 Å². The smallest absolute Gasteiger partial charge is 0.196 e. The number of hydrogen-bond donors (Lipinski definition) is 0. The highest BCUT2D eigenvalue weighted by molar-refractivity contribution is 5.91. The lowest BCUT2D eigenvalue weighted by atomic mass is 10.1. The first kappa shape index (κ1) is 13.1. The fourth-order valence-corrected chi connectivity index (χ4v) is 2.28. The van der Waals surface area contributed by atoms with Crippen molar-refractivity contribution < 1.29 is 9.21 Å². The Bertz CT molecular complexity index is 423. The minimum Gasteiger partial charge on any atom is -0.437 e. The minimum atomic E-state index is -0.0189. The van der Waals surface area contributed by atoms with Gasteiger partial charge in [-0.15, -0.1) is 0 Å². The summed E-state index contributed by atoms with van der Waals surface area (Å²) in [6.45, 7) is 12.2. The number of carbonyl (C=O) groups excluding carboxylic acids is 1. The molecule has 1 fully saturated rings. The van der Waals surface area contributed by atoms with Gasteiger partial charge < -0.3 is 9.32 Å². The Morgan fingerprint density at radius 1 is 1.17 bits per heavy atom. The SMILES string of the molecule is CC(=O)c1ccc(N2CCN(C(C)(C)C)CC2)o1. The second-order valence-corrected chi connectivity index (χ2v) is 5.84. The third kappa shape index (κ3) is 2.75. The molecule has 0 aliphatic carbocycles. The van der Waals surface area contributed by atoms with Crippen LogP contribution in [-0.2, 0) is 0 Å². The summed E-state index contributed by atoms with van der Waals surface area (Å²) < 4.78 is 5.56. The van der Waals surface area contributed by atoms with E-state index in [0.717, 1.165) is 32.1 Å². The van der Waals surface area contributed by atoms with Crippen molar-refractivity contribution in [3.8, 4) is 0 Å². The van der Waals surface area contributed by atoms with Gasteiger partial charge in [-0.25, -0.2) is 0 Å². The standard InChI is InChI=1S/C14H22N2O2/c1-11(17)12-5-6-13(18-12)15-7-9-16(10-8-15)14(2,3)4/h5-6H,7-10H2,1-4H3. The Balaban J connectivity index is 1.99. The molecular formula is C14H22N2O2. The molecule has 0 aromatic carbocycles. The molecule has 1 aromatic heterocycles. The molecule has 1 aliphatic heterocycles. The van der Waals surface area contributed by atoms with Crippen molar-refractivity contribution in [3.63, 3.8) is 0 Å². The molecule has 0 atom stereocenters. The highest BCUT2D eigenvalue weighted by Crippen LogP contribution is 2.22. The van der Waals surface area contributed by atoms with Crippen molar-refractivity contribution in [2.45, 2.75) is 33.2 Å². The van der Waals surface area contributed by atoms with Crippen LogP contribution in [0.4, 0.5) is 5.88 Å². The molecule has 1 aliphatic rings. The van der Waals surface area contributed by atoms with Crippen molar-refractivity contribution in [1.82, 2.24) is 4.90 Å². The van der Waals surface area contributed by atoms with Crippen LogP contribution in [0.1, 0.15) is 38.2 Å². The Labute approximate surface area is 109 Å². The van der Waals surface area contributed by atoms with E-state index >= 15 is 0 Å². The van der Waals surface area contributed by atoms with E-state index in [2.05, 4.69) is 30.6 Å². The van der Waals surface area contributed by atoms with E-state index in [-0.39, 0.29) is 11.3 Å². The average molecular weight is 250 g/mol. The summed E-state index contributed by atoms with van der Waals surface area (Å²) in [7, 11) is 0. The van der Waals surface area contributed by atoms with Gasteiger partial charge in [-0.3, -0.25) is 9.69 Å². The average Bonchev–Trinajstić information content (AvgIpc) is 2.77. The number of nitrogens with zero attached hydrogens (tertiary/aromatic N) is 2. The molecular weight excluding hydrogens is 228 g/mol. The second-order valence-electron chi connectivity index (χ2n) is 5.84. The summed E-state index contributed by atoms with van der Waals surface area (Å²) in [6, 6.07) is 3.65. The molecule has 0 radical (unpaired) electrons. The predicted molar refractivity (Wildman–Crippen MR) is 72.3 cm³/mol. The van der Waals surface area contributed by atoms with Gasteiger partial charge in [0.05, 0.1) is 0 Å². The molecule has 0 amide bonds. The number of Topliss-reactive ketones (excluding diaryl/α,β-unsaturated/α-hetero) is 1. The van der Waals surface area contributed by atoms with Crippen LogP contribution in [0.3, 0.4) is 0 Å². The lowest BCUT2D eigenvalue weighted by Gasteiger charge is -2.42. The zero-order chi connectivity index (χ0) is 13.3. The van der Waals surface area contributed by atoms with Gasteiger partial charge >= 0.3 is 0 Å². The van der Waals surface area contributed by atoms with Gasteiger partial charge in [0.15, 0.2) is 17.4 Å². The van der Waals surface area contributed by atoms with Crippen LogP contribution in [0.2, 0.25) is 0 Å².